The Balaban J connectivity index is 1.37. The highest BCUT2D eigenvalue weighted by Crippen LogP contribution is 2.38. The lowest BCUT2D eigenvalue weighted by Gasteiger charge is -2.39. The number of likely N-dealkylation sites (tertiary alicyclic amines) is 1. The molecule has 2 aromatic carbocycles. The molecule has 2 saturated heterocycles. The number of rotatable bonds is 11. The Kier molecular flexibility index (Phi) is 10.7. The second-order valence-corrected chi connectivity index (χ2v) is 10.1. The van der Waals surface area contributed by atoms with E-state index in [4.69, 9.17) is 14.7 Å². The summed E-state index contributed by atoms with van der Waals surface area (Å²) < 4.78 is 12.9. The maximum Gasteiger partial charge on any atom is 0.243 e. The van der Waals surface area contributed by atoms with Crippen molar-refractivity contribution in [3.8, 4) is 0 Å². The van der Waals surface area contributed by atoms with Crippen LogP contribution in [-0.4, -0.2) is 52.8 Å². The molecule has 0 bridgehead atoms. The highest BCUT2D eigenvalue weighted by molar-refractivity contribution is 5.78. The molecule has 2 aromatic rings. The summed E-state index contributed by atoms with van der Waals surface area (Å²) in [6, 6.07) is 15.8. The second kappa shape index (κ2) is 14.4. The molecule has 4 N–H and O–H groups in total. The van der Waals surface area contributed by atoms with Crippen molar-refractivity contribution in [2.75, 3.05) is 19.6 Å². The molecule has 0 radical (unpaired) electrons. The first-order valence-corrected chi connectivity index (χ1v) is 13.6. The number of hydrogen-bond donors (Lipinski definition) is 4. The molecule has 0 spiro atoms. The van der Waals surface area contributed by atoms with Crippen LogP contribution in [0.3, 0.4) is 0 Å². The zero-order valence-corrected chi connectivity index (χ0v) is 21.8. The first-order valence-electron chi connectivity index (χ1n) is 13.6. The van der Waals surface area contributed by atoms with Gasteiger partial charge in [0.1, 0.15) is 0 Å². The van der Waals surface area contributed by atoms with Crippen molar-refractivity contribution in [1.82, 2.24) is 15.7 Å². The van der Waals surface area contributed by atoms with E-state index in [2.05, 4.69) is 10.2 Å². The van der Waals surface area contributed by atoms with Crippen LogP contribution >= 0.6 is 0 Å². The normalized spacial score (nSPS) is 22.1. The molecule has 0 aromatic heterocycles. The van der Waals surface area contributed by atoms with Crippen LogP contribution in [0.15, 0.2) is 48.5 Å². The van der Waals surface area contributed by atoms with Gasteiger partial charge in [-0.05, 0) is 49.0 Å². The lowest BCUT2D eigenvalue weighted by Crippen LogP contribution is -2.41. The van der Waals surface area contributed by atoms with Crippen molar-refractivity contribution < 1.29 is 29.4 Å². The Labute approximate surface area is 224 Å². The molecule has 2 amide bonds. The summed E-state index contributed by atoms with van der Waals surface area (Å²) in [5.74, 6) is -0.641. The SMILES string of the molecule is O=C(CCCC(=O)NCc1ccc([C@H]2O[C@@H](CN3CCCCC3)C[C@@H](c3ccc(CO)cc3)O2)cc1)NO. The summed E-state index contributed by atoms with van der Waals surface area (Å²) in [5, 5.41) is 20.8. The monoisotopic (exact) mass is 525 g/mol. The summed E-state index contributed by atoms with van der Waals surface area (Å²) in [7, 11) is 0. The van der Waals surface area contributed by atoms with E-state index in [0.717, 1.165) is 48.3 Å². The fourth-order valence-corrected chi connectivity index (χ4v) is 5.01. The number of nitrogens with zero attached hydrogens (tertiary/aromatic N) is 1. The first-order chi connectivity index (χ1) is 18.5. The molecular weight excluding hydrogens is 486 g/mol. The van der Waals surface area contributed by atoms with E-state index in [1.54, 1.807) is 5.48 Å². The Morgan fingerprint density at radius 2 is 1.53 bits per heavy atom. The van der Waals surface area contributed by atoms with Crippen LogP contribution in [0.5, 0.6) is 0 Å². The van der Waals surface area contributed by atoms with Gasteiger partial charge in [0.05, 0.1) is 18.8 Å². The molecule has 2 aliphatic rings. The van der Waals surface area contributed by atoms with Crippen LogP contribution < -0.4 is 10.8 Å². The van der Waals surface area contributed by atoms with Crippen molar-refractivity contribution >= 4 is 11.8 Å². The third-order valence-electron chi connectivity index (χ3n) is 7.20. The van der Waals surface area contributed by atoms with Crippen LogP contribution in [0.25, 0.3) is 0 Å². The zero-order chi connectivity index (χ0) is 26.7. The number of ether oxygens (including phenoxy) is 2. The van der Waals surface area contributed by atoms with Gasteiger partial charge < -0.3 is 24.8 Å². The fourth-order valence-electron chi connectivity index (χ4n) is 5.01. The number of carbonyl (C=O) groups excluding carboxylic acids is 2. The number of aliphatic hydroxyl groups excluding tert-OH is 1. The third-order valence-corrected chi connectivity index (χ3v) is 7.20. The number of benzene rings is 2. The lowest BCUT2D eigenvalue weighted by molar-refractivity contribution is -0.253. The number of hydrogen-bond acceptors (Lipinski definition) is 7. The molecule has 0 saturated carbocycles. The molecule has 206 valence electrons. The minimum atomic E-state index is -0.498. The average Bonchev–Trinajstić information content (AvgIpc) is 2.96. The Morgan fingerprint density at radius 3 is 2.21 bits per heavy atom. The number of aliphatic hydroxyl groups is 1. The molecule has 9 heteroatoms. The van der Waals surface area contributed by atoms with Crippen LogP contribution in [0.2, 0.25) is 0 Å². The minimum absolute atomic E-state index is 0.0167. The molecule has 3 atom stereocenters. The smallest absolute Gasteiger partial charge is 0.243 e. The van der Waals surface area contributed by atoms with E-state index < -0.39 is 12.2 Å². The van der Waals surface area contributed by atoms with E-state index in [-0.39, 0.29) is 37.6 Å². The minimum Gasteiger partial charge on any atom is -0.392 e. The van der Waals surface area contributed by atoms with Gasteiger partial charge in [-0.3, -0.25) is 14.8 Å². The Bertz CT molecular complexity index is 1020. The maximum atomic E-state index is 12.0. The molecule has 2 aliphatic heterocycles. The summed E-state index contributed by atoms with van der Waals surface area (Å²) in [6.07, 6.45) is 4.65. The standard InChI is InChI=1S/C29H39N3O6/c33-20-22-9-11-23(12-10-22)26-17-25(19-32-15-2-1-3-16-32)37-29(38-26)24-13-7-21(8-14-24)18-30-27(34)5-4-6-28(35)31-36/h7-14,25-26,29,33,36H,1-6,15-20H2,(H,30,34)(H,31,35)/t25-,26+,29+/m1/s1. The third kappa shape index (κ3) is 8.34. The zero-order valence-electron chi connectivity index (χ0n) is 21.8. The average molecular weight is 526 g/mol. The molecule has 2 heterocycles. The quantitative estimate of drug-likeness (QED) is 0.262. The van der Waals surface area contributed by atoms with Crippen molar-refractivity contribution in [2.24, 2.45) is 0 Å². The molecule has 38 heavy (non-hydrogen) atoms. The number of nitrogens with one attached hydrogen (secondary N) is 2. The van der Waals surface area contributed by atoms with Crippen molar-refractivity contribution in [2.45, 2.75) is 76.6 Å². The van der Waals surface area contributed by atoms with Crippen LogP contribution in [0, 0.1) is 0 Å². The van der Waals surface area contributed by atoms with E-state index >= 15 is 0 Å². The van der Waals surface area contributed by atoms with Gasteiger partial charge in [-0.25, -0.2) is 5.48 Å². The fraction of sp³-hybridized carbons (Fsp3) is 0.517. The van der Waals surface area contributed by atoms with Crippen molar-refractivity contribution in [3.63, 3.8) is 0 Å². The molecule has 4 rings (SSSR count). The molecule has 9 nitrogen and oxygen atoms in total. The van der Waals surface area contributed by atoms with Gasteiger partial charge in [-0.1, -0.05) is 55.0 Å². The van der Waals surface area contributed by atoms with E-state index in [9.17, 15) is 14.7 Å². The topological polar surface area (TPSA) is 120 Å². The number of amides is 2. The van der Waals surface area contributed by atoms with E-state index in [1.807, 2.05) is 48.5 Å². The van der Waals surface area contributed by atoms with Crippen molar-refractivity contribution in [3.05, 3.63) is 70.8 Å². The van der Waals surface area contributed by atoms with Crippen LogP contribution in [0.4, 0.5) is 0 Å². The Hall–Kier alpha value is -2.82. The molecular formula is C29H39N3O6. The number of hydroxylamine groups is 1. The van der Waals surface area contributed by atoms with Crippen LogP contribution in [0.1, 0.15) is 79.6 Å². The predicted octanol–water partition coefficient (Wildman–Crippen LogP) is 3.50. The van der Waals surface area contributed by atoms with Gasteiger partial charge in [0.15, 0.2) is 6.29 Å². The summed E-state index contributed by atoms with van der Waals surface area (Å²) >= 11 is 0. The maximum absolute atomic E-state index is 12.0. The lowest BCUT2D eigenvalue weighted by atomic mass is 9.99. The van der Waals surface area contributed by atoms with Gasteiger partial charge in [0.2, 0.25) is 11.8 Å². The summed E-state index contributed by atoms with van der Waals surface area (Å²) in [4.78, 5) is 25.6. The van der Waals surface area contributed by atoms with Gasteiger partial charge in [0.25, 0.3) is 0 Å². The van der Waals surface area contributed by atoms with Gasteiger partial charge in [-0.2, -0.15) is 0 Å². The van der Waals surface area contributed by atoms with Gasteiger partial charge >= 0.3 is 0 Å². The first kappa shape index (κ1) is 28.2. The van der Waals surface area contributed by atoms with E-state index in [1.165, 1.54) is 19.3 Å². The predicted molar refractivity (Wildman–Crippen MR) is 141 cm³/mol. The highest BCUT2D eigenvalue weighted by Gasteiger charge is 2.33. The largest absolute Gasteiger partial charge is 0.392 e. The van der Waals surface area contributed by atoms with Crippen LogP contribution in [-0.2, 0) is 32.2 Å². The number of piperidine rings is 1. The Morgan fingerprint density at radius 1 is 0.868 bits per heavy atom. The molecule has 0 unspecified atom stereocenters. The highest BCUT2D eigenvalue weighted by atomic mass is 16.7. The van der Waals surface area contributed by atoms with Gasteiger partial charge in [0, 0.05) is 37.9 Å². The number of carbonyl (C=O) groups is 2. The summed E-state index contributed by atoms with van der Waals surface area (Å²) in [5.41, 5.74) is 5.40. The van der Waals surface area contributed by atoms with E-state index in [0.29, 0.717) is 13.0 Å². The molecule has 0 aliphatic carbocycles. The summed E-state index contributed by atoms with van der Waals surface area (Å²) in [6.45, 7) is 3.50. The second-order valence-electron chi connectivity index (χ2n) is 10.1. The molecule has 2 fully saturated rings. The van der Waals surface area contributed by atoms with Crippen molar-refractivity contribution in [1.29, 1.82) is 0 Å². The van der Waals surface area contributed by atoms with Gasteiger partial charge in [-0.15, -0.1) is 0 Å².